The average Bonchev–Trinajstić information content (AvgIpc) is 2.75. The van der Waals surface area contributed by atoms with E-state index in [2.05, 4.69) is 13.8 Å². The van der Waals surface area contributed by atoms with Crippen LogP contribution in [0.25, 0.3) is 0 Å². The first-order valence-corrected chi connectivity index (χ1v) is 7.00. The lowest BCUT2D eigenvalue weighted by Crippen LogP contribution is -2.38. The Kier molecular flexibility index (Phi) is 5.63. The molecule has 1 aliphatic heterocycles. The summed E-state index contributed by atoms with van der Waals surface area (Å²) in [7, 11) is 1.86. The average molecular weight is 254 g/mol. The molecule has 2 unspecified atom stereocenters. The van der Waals surface area contributed by atoms with Crippen molar-refractivity contribution in [3.05, 3.63) is 0 Å². The summed E-state index contributed by atoms with van der Waals surface area (Å²) in [5, 5.41) is 0. The van der Waals surface area contributed by atoms with Gasteiger partial charge in [0.2, 0.25) is 11.8 Å². The molecule has 0 radical (unpaired) electrons. The van der Waals surface area contributed by atoms with Crippen molar-refractivity contribution >= 4 is 11.8 Å². The van der Waals surface area contributed by atoms with Crippen LogP contribution in [0.15, 0.2) is 0 Å². The van der Waals surface area contributed by atoms with Crippen molar-refractivity contribution in [3.63, 3.8) is 0 Å². The van der Waals surface area contributed by atoms with E-state index in [-0.39, 0.29) is 11.8 Å². The van der Waals surface area contributed by atoms with Gasteiger partial charge in [-0.25, -0.2) is 0 Å². The molecule has 1 rings (SSSR count). The molecule has 0 spiro atoms. The van der Waals surface area contributed by atoms with Crippen molar-refractivity contribution in [1.29, 1.82) is 0 Å². The van der Waals surface area contributed by atoms with Crippen LogP contribution in [0.1, 0.15) is 52.9 Å². The molecule has 0 bridgehead atoms. The largest absolute Gasteiger partial charge is 0.343 e. The molecule has 0 saturated carbocycles. The van der Waals surface area contributed by atoms with Crippen molar-refractivity contribution in [2.24, 2.45) is 0 Å². The number of hydrogen-bond acceptors (Lipinski definition) is 2. The van der Waals surface area contributed by atoms with Crippen molar-refractivity contribution < 1.29 is 9.59 Å². The maximum atomic E-state index is 11.6. The summed E-state index contributed by atoms with van der Waals surface area (Å²) in [6.45, 7) is 6.73. The molecular weight excluding hydrogens is 228 g/mol. The molecule has 1 fully saturated rings. The van der Waals surface area contributed by atoms with Gasteiger partial charge in [0.05, 0.1) is 0 Å². The molecule has 1 aliphatic rings. The zero-order valence-electron chi connectivity index (χ0n) is 12.1. The van der Waals surface area contributed by atoms with Gasteiger partial charge in [-0.3, -0.25) is 9.59 Å². The summed E-state index contributed by atoms with van der Waals surface area (Å²) in [5.74, 6) is 0.405. The number of nitrogens with zero attached hydrogens (tertiary/aromatic N) is 2. The maximum Gasteiger partial charge on any atom is 0.222 e. The minimum atomic E-state index is 0.117. The molecule has 4 nitrogen and oxygen atoms in total. The number of likely N-dealkylation sites (tertiary alicyclic amines) is 1. The van der Waals surface area contributed by atoms with E-state index >= 15 is 0 Å². The van der Waals surface area contributed by atoms with E-state index in [4.69, 9.17) is 0 Å². The number of hydrogen-bond donors (Lipinski definition) is 0. The smallest absolute Gasteiger partial charge is 0.222 e. The first-order chi connectivity index (χ1) is 8.47. The Hall–Kier alpha value is -1.06. The third-order valence-corrected chi connectivity index (χ3v) is 4.08. The first kappa shape index (κ1) is 15.0. The van der Waals surface area contributed by atoms with E-state index in [0.29, 0.717) is 18.5 Å². The monoisotopic (exact) mass is 254 g/mol. The summed E-state index contributed by atoms with van der Waals surface area (Å²) < 4.78 is 0. The second kappa shape index (κ2) is 6.76. The predicted octanol–water partition coefficient (Wildman–Crippen LogP) is 2.03. The molecule has 1 saturated heterocycles. The van der Waals surface area contributed by atoms with Crippen molar-refractivity contribution in [1.82, 2.24) is 9.80 Å². The first-order valence-electron chi connectivity index (χ1n) is 7.00. The Labute approximate surface area is 110 Å². The Balaban J connectivity index is 2.42. The third kappa shape index (κ3) is 3.72. The molecular formula is C14H26N2O2. The number of rotatable bonds is 6. The fourth-order valence-corrected chi connectivity index (χ4v) is 2.65. The van der Waals surface area contributed by atoms with Gasteiger partial charge in [0.15, 0.2) is 0 Å². The standard InChI is InChI=1S/C14H26N2O2/c1-5-13(15(4)12(3)17)9-8-11(2)16-10-6-7-14(16)18/h11,13H,5-10H2,1-4H3. The lowest BCUT2D eigenvalue weighted by molar-refractivity contribution is -0.131. The van der Waals surface area contributed by atoms with Gasteiger partial charge in [-0.05, 0) is 32.6 Å². The van der Waals surface area contributed by atoms with Crippen molar-refractivity contribution in [2.75, 3.05) is 13.6 Å². The summed E-state index contributed by atoms with van der Waals surface area (Å²) in [5.41, 5.74) is 0. The van der Waals surface area contributed by atoms with Crippen LogP contribution in [0.3, 0.4) is 0 Å². The third-order valence-electron chi connectivity index (χ3n) is 4.08. The van der Waals surface area contributed by atoms with Gasteiger partial charge >= 0.3 is 0 Å². The lowest BCUT2D eigenvalue weighted by Gasteiger charge is -2.30. The second-order valence-electron chi connectivity index (χ2n) is 5.31. The van der Waals surface area contributed by atoms with Crippen LogP contribution in [-0.2, 0) is 9.59 Å². The van der Waals surface area contributed by atoms with Crippen LogP contribution in [0.4, 0.5) is 0 Å². The number of amides is 2. The molecule has 1 heterocycles. The molecule has 0 aromatic rings. The van der Waals surface area contributed by atoms with E-state index < -0.39 is 0 Å². The minimum Gasteiger partial charge on any atom is -0.343 e. The van der Waals surface area contributed by atoms with Gasteiger partial charge in [0.1, 0.15) is 0 Å². The van der Waals surface area contributed by atoms with Gasteiger partial charge in [-0.1, -0.05) is 6.92 Å². The molecule has 0 aliphatic carbocycles. The van der Waals surface area contributed by atoms with Gasteiger partial charge in [-0.2, -0.15) is 0 Å². The van der Waals surface area contributed by atoms with Crippen LogP contribution in [0, 0.1) is 0 Å². The van der Waals surface area contributed by atoms with E-state index in [9.17, 15) is 9.59 Å². The van der Waals surface area contributed by atoms with Crippen LogP contribution in [-0.4, -0.2) is 47.3 Å². The molecule has 0 N–H and O–H groups in total. The SMILES string of the molecule is CCC(CCC(C)N1CCCC1=O)N(C)C(C)=O. The Morgan fingerprint density at radius 1 is 1.44 bits per heavy atom. The Morgan fingerprint density at radius 3 is 2.56 bits per heavy atom. The zero-order chi connectivity index (χ0) is 13.7. The van der Waals surface area contributed by atoms with E-state index in [1.165, 1.54) is 0 Å². The normalized spacial score (nSPS) is 18.9. The molecule has 4 heteroatoms. The number of carbonyl (C=O) groups is 2. The van der Waals surface area contributed by atoms with Crippen LogP contribution in [0.5, 0.6) is 0 Å². The van der Waals surface area contributed by atoms with Crippen LogP contribution in [0.2, 0.25) is 0 Å². The number of carbonyl (C=O) groups excluding carboxylic acids is 2. The highest BCUT2D eigenvalue weighted by molar-refractivity contribution is 5.78. The summed E-state index contributed by atoms with van der Waals surface area (Å²) in [4.78, 5) is 26.8. The fourth-order valence-electron chi connectivity index (χ4n) is 2.65. The summed E-state index contributed by atoms with van der Waals surface area (Å²) >= 11 is 0. The van der Waals surface area contributed by atoms with Gasteiger partial charge < -0.3 is 9.80 Å². The van der Waals surface area contributed by atoms with E-state index in [0.717, 1.165) is 32.2 Å². The molecule has 2 amide bonds. The maximum absolute atomic E-state index is 11.6. The van der Waals surface area contributed by atoms with Gasteiger partial charge in [0, 0.05) is 39.0 Å². The highest BCUT2D eigenvalue weighted by atomic mass is 16.2. The minimum absolute atomic E-state index is 0.117. The lowest BCUT2D eigenvalue weighted by atomic mass is 10.0. The molecule has 2 atom stereocenters. The van der Waals surface area contributed by atoms with Crippen molar-refractivity contribution in [3.8, 4) is 0 Å². The molecule has 18 heavy (non-hydrogen) atoms. The molecule has 104 valence electrons. The summed E-state index contributed by atoms with van der Waals surface area (Å²) in [6, 6.07) is 0.595. The molecule has 0 aromatic carbocycles. The van der Waals surface area contributed by atoms with E-state index in [1.54, 1.807) is 6.92 Å². The predicted molar refractivity (Wildman–Crippen MR) is 72.2 cm³/mol. The second-order valence-corrected chi connectivity index (χ2v) is 5.31. The van der Waals surface area contributed by atoms with Crippen LogP contribution >= 0.6 is 0 Å². The summed E-state index contributed by atoms with van der Waals surface area (Å²) in [6.07, 6.45) is 4.61. The highest BCUT2D eigenvalue weighted by Gasteiger charge is 2.25. The Morgan fingerprint density at radius 2 is 2.11 bits per heavy atom. The fraction of sp³-hybridized carbons (Fsp3) is 0.857. The van der Waals surface area contributed by atoms with E-state index in [1.807, 2.05) is 16.8 Å². The molecule has 0 aromatic heterocycles. The van der Waals surface area contributed by atoms with Crippen LogP contribution < -0.4 is 0 Å². The zero-order valence-corrected chi connectivity index (χ0v) is 12.1. The highest BCUT2D eigenvalue weighted by Crippen LogP contribution is 2.19. The topological polar surface area (TPSA) is 40.6 Å². The van der Waals surface area contributed by atoms with Crippen molar-refractivity contribution in [2.45, 2.75) is 65.0 Å². The van der Waals surface area contributed by atoms with Gasteiger partial charge in [0.25, 0.3) is 0 Å². The Bertz CT molecular complexity index is 304. The quantitative estimate of drug-likeness (QED) is 0.727. The van der Waals surface area contributed by atoms with Gasteiger partial charge in [-0.15, -0.1) is 0 Å².